The highest BCUT2D eigenvalue weighted by Gasteiger charge is 2.25. The van der Waals surface area contributed by atoms with E-state index >= 15 is 0 Å². The lowest BCUT2D eigenvalue weighted by Gasteiger charge is -2.01. The zero-order valence-electron chi connectivity index (χ0n) is 9.47. The van der Waals surface area contributed by atoms with Crippen molar-refractivity contribution in [1.82, 2.24) is 0 Å². The molecule has 0 fully saturated rings. The van der Waals surface area contributed by atoms with Crippen LogP contribution >= 0.6 is 0 Å². The number of aromatic amines is 1. The molecule has 2 aromatic rings. The molecule has 3 heteroatoms. The van der Waals surface area contributed by atoms with Crippen LogP contribution in [0.5, 0.6) is 5.95 Å². The van der Waals surface area contributed by atoms with Crippen LogP contribution < -0.4 is 4.98 Å². The lowest BCUT2D eigenvalue weighted by atomic mass is 10.1. The van der Waals surface area contributed by atoms with E-state index in [0.717, 1.165) is 27.4 Å². The summed E-state index contributed by atoms with van der Waals surface area (Å²) in [6.45, 7) is 0. The summed E-state index contributed by atoms with van der Waals surface area (Å²) in [5.41, 5.74) is 1.93. The van der Waals surface area contributed by atoms with E-state index in [1.54, 1.807) is 0 Å². The summed E-state index contributed by atoms with van der Waals surface area (Å²) in [5.74, 6) is 0.657. The van der Waals surface area contributed by atoms with Crippen molar-refractivity contribution in [3.63, 3.8) is 0 Å². The monoisotopic (exact) mass is 236 g/mol. The maximum absolute atomic E-state index is 9.97. The van der Waals surface area contributed by atoms with E-state index in [4.69, 9.17) is 4.42 Å². The van der Waals surface area contributed by atoms with Gasteiger partial charge in [0.1, 0.15) is 0 Å². The van der Waals surface area contributed by atoms with Crippen molar-refractivity contribution in [1.29, 1.82) is 0 Å². The number of benzene rings is 2. The molecule has 18 heavy (non-hydrogen) atoms. The Balaban J connectivity index is 2.31. The molecular weight excluding hydrogens is 226 g/mol. The van der Waals surface area contributed by atoms with Crippen molar-refractivity contribution in [2.24, 2.45) is 0 Å². The van der Waals surface area contributed by atoms with Crippen molar-refractivity contribution in [2.75, 3.05) is 0 Å². The summed E-state index contributed by atoms with van der Waals surface area (Å²) in [5, 5.41) is 12.6. The van der Waals surface area contributed by atoms with Crippen LogP contribution in [0.4, 0.5) is 0 Å². The first-order valence-corrected chi connectivity index (χ1v) is 5.79. The van der Waals surface area contributed by atoms with Gasteiger partial charge in [-0.3, -0.25) is 0 Å². The molecule has 0 bridgehead atoms. The second-order valence-corrected chi connectivity index (χ2v) is 4.33. The summed E-state index contributed by atoms with van der Waals surface area (Å²) in [7, 11) is 0. The Morgan fingerprint density at radius 3 is 2.33 bits per heavy atom. The summed E-state index contributed by atoms with van der Waals surface area (Å²) in [6, 6.07) is 15.6. The van der Waals surface area contributed by atoms with Gasteiger partial charge >= 0.3 is 0 Å². The predicted molar refractivity (Wildman–Crippen MR) is 68.6 cm³/mol. The van der Waals surface area contributed by atoms with E-state index in [-0.39, 0.29) is 5.95 Å². The molecular formula is C15H10NO2+. The first-order valence-electron chi connectivity index (χ1n) is 5.79. The van der Waals surface area contributed by atoms with E-state index < -0.39 is 0 Å². The molecule has 0 aliphatic carbocycles. The van der Waals surface area contributed by atoms with Crippen molar-refractivity contribution in [3.05, 3.63) is 48.5 Å². The molecule has 0 amide bonds. The number of nitrogens with one attached hydrogen (secondary N) is 1. The Bertz CT molecular complexity index is 848. The molecule has 3 nitrogen and oxygen atoms in total. The van der Waals surface area contributed by atoms with Crippen LogP contribution in [-0.4, -0.2) is 5.11 Å². The van der Waals surface area contributed by atoms with Crippen molar-refractivity contribution in [2.45, 2.75) is 0 Å². The number of aromatic nitrogens is 1. The largest absolute Gasteiger partial charge is 0.480 e. The molecule has 2 heterocycles. The number of aromatic hydroxyl groups is 1. The van der Waals surface area contributed by atoms with Crippen LogP contribution in [0.1, 0.15) is 0 Å². The van der Waals surface area contributed by atoms with Gasteiger partial charge in [-0.25, -0.2) is 4.98 Å². The quantitative estimate of drug-likeness (QED) is 0.509. The number of para-hydroxylation sites is 1. The number of H-pyrrole nitrogens is 1. The fourth-order valence-electron chi connectivity index (χ4n) is 2.45. The SMILES string of the molecule is Oc1oc2c3ccccc3[nH+]c-2c2ccccc12. The lowest BCUT2D eigenvalue weighted by molar-refractivity contribution is -0.326. The Morgan fingerprint density at radius 2 is 1.50 bits per heavy atom. The zero-order valence-corrected chi connectivity index (χ0v) is 9.47. The smallest absolute Gasteiger partial charge is 0.290 e. The van der Waals surface area contributed by atoms with E-state index in [0.29, 0.717) is 5.76 Å². The molecule has 0 aromatic heterocycles. The molecule has 2 N–H and O–H groups in total. The maximum atomic E-state index is 9.97. The van der Waals surface area contributed by atoms with Gasteiger partial charge in [-0.1, -0.05) is 24.3 Å². The van der Waals surface area contributed by atoms with Crippen LogP contribution in [0.15, 0.2) is 52.9 Å². The van der Waals surface area contributed by atoms with Gasteiger partial charge in [0.2, 0.25) is 11.3 Å². The fraction of sp³-hybridized carbons (Fsp3) is 0. The fourth-order valence-corrected chi connectivity index (χ4v) is 2.45. The van der Waals surface area contributed by atoms with E-state index in [1.807, 2.05) is 48.5 Å². The maximum Gasteiger partial charge on any atom is 0.290 e. The minimum absolute atomic E-state index is 0.0390. The van der Waals surface area contributed by atoms with E-state index in [1.165, 1.54) is 0 Å². The topological polar surface area (TPSA) is 47.5 Å². The highest BCUT2D eigenvalue weighted by molar-refractivity contribution is 6.02. The number of rotatable bonds is 0. The van der Waals surface area contributed by atoms with Crippen LogP contribution in [0.25, 0.3) is 33.1 Å². The third kappa shape index (κ3) is 1.10. The molecule has 2 aliphatic heterocycles. The first-order chi connectivity index (χ1) is 8.84. The Labute approximate surface area is 103 Å². The molecule has 86 valence electrons. The predicted octanol–water partition coefficient (Wildman–Crippen LogP) is 3.21. The van der Waals surface area contributed by atoms with Gasteiger partial charge in [0.25, 0.3) is 11.6 Å². The second-order valence-electron chi connectivity index (χ2n) is 4.33. The summed E-state index contributed by atoms with van der Waals surface area (Å²) < 4.78 is 5.55. The minimum atomic E-state index is -0.0390. The molecule has 0 spiro atoms. The molecule has 0 radical (unpaired) electrons. The third-order valence-electron chi connectivity index (χ3n) is 3.28. The number of fused-ring (bicyclic) bond motifs is 5. The Morgan fingerprint density at radius 1 is 0.833 bits per heavy atom. The van der Waals surface area contributed by atoms with Gasteiger partial charge in [-0.05, 0) is 18.2 Å². The second kappa shape index (κ2) is 3.23. The van der Waals surface area contributed by atoms with Gasteiger partial charge < -0.3 is 9.52 Å². The molecule has 2 aromatic carbocycles. The molecule has 0 saturated heterocycles. The van der Waals surface area contributed by atoms with Crippen molar-refractivity contribution in [3.8, 4) is 17.4 Å². The molecule has 2 aliphatic rings. The van der Waals surface area contributed by atoms with Gasteiger partial charge in [-0.15, -0.1) is 0 Å². The molecule has 0 saturated carbocycles. The van der Waals surface area contributed by atoms with Crippen LogP contribution in [0.2, 0.25) is 0 Å². The normalized spacial score (nSPS) is 11.6. The average molecular weight is 236 g/mol. The lowest BCUT2D eigenvalue weighted by Crippen LogP contribution is -2.00. The van der Waals surface area contributed by atoms with Crippen LogP contribution in [0.3, 0.4) is 0 Å². The third-order valence-corrected chi connectivity index (χ3v) is 3.28. The minimum Gasteiger partial charge on any atom is -0.480 e. The standard InChI is InChI=1S/C15H9NO2/c17-15-10-6-2-1-5-9(10)13-14(18-15)11-7-3-4-8-12(11)16-13/h1-8,17H/p+1. The number of hydrogen-bond donors (Lipinski definition) is 1. The van der Waals surface area contributed by atoms with Gasteiger partial charge in [0.15, 0.2) is 0 Å². The Hall–Kier alpha value is -2.55. The summed E-state index contributed by atoms with van der Waals surface area (Å²) >= 11 is 0. The molecule has 4 rings (SSSR count). The van der Waals surface area contributed by atoms with Gasteiger partial charge in [-0.2, -0.15) is 0 Å². The summed E-state index contributed by atoms with van der Waals surface area (Å²) in [6.07, 6.45) is 0. The highest BCUT2D eigenvalue weighted by Crippen LogP contribution is 2.38. The van der Waals surface area contributed by atoms with Crippen LogP contribution in [0, 0.1) is 0 Å². The highest BCUT2D eigenvalue weighted by atomic mass is 16.5. The average Bonchev–Trinajstić information content (AvgIpc) is 2.78. The van der Waals surface area contributed by atoms with Crippen LogP contribution in [-0.2, 0) is 0 Å². The van der Waals surface area contributed by atoms with Gasteiger partial charge in [0, 0.05) is 6.07 Å². The van der Waals surface area contributed by atoms with Crippen molar-refractivity contribution >= 4 is 21.7 Å². The summed E-state index contributed by atoms with van der Waals surface area (Å²) in [4.78, 5) is 3.34. The van der Waals surface area contributed by atoms with E-state index in [2.05, 4.69) is 4.98 Å². The Kier molecular flexibility index (Phi) is 1.70. The molecule has 0 unspecified atom stereocenters. The van der Waals surface area contributed by atoms with Crippen molar-refractivity contribution < 1.29 is 14.5 Å². The zero-order chi connectivity index (χ0) is 12.1. The molecule has 0 atom stereocenters. The first kappa shape index (κ1) is 9.48. The number of hydrogen-bond acceptors (Lipinski definition) is 2. The van der Waals surface area contributed by atoms with E-state index in [9.17, 15) is 5.11 Å². The van der Waals surface area contributed by atoms with Gasteiger partial charge in [0.05, 0.1) is 16.2 Å².